The van der Waals surface area contributed by atoms with E-state index in [1.165, 1.54) is 0 Å². The first-order valence-corrected chi connectivity index (χ1v) is 8.64. The maximum atomic E-state index is 12.8. The first-order chi connectivity index (χ1) is 9.40. The van der Waals surface area contributed by atoms with Crippen molar-refractivity contribution in [3.8, 4) is 0 Å². The Kier molecular flexibility index (Phi) is 3.19. The van der Waals surface area contributed by atoms with Crippen molar-refractivity contribution in [3.63, 3.8) is 0 Å². The van der Waals surface area contributed by atoms with Crippen molar-refractivity contribution < 1.29 is 13.5 Å². The highest BCUT2D eigenvalue weighted by molar-refractivity contribution is 7.89. The van der Waals surface area contributed by atoms with Gasteiger partial charge in [0.25, 0.3) is 0 Å². The Balaban J connectivity index is 1.98. The molecule has 2 fully saturated rings. The quantitative estimate of drug-likeness (QED) is 0.868. The zero-order valence-electron chi connectivity index (χ0n) is 11.9. The fourth-order valence-corrected chi connectivity index (χ4v) is 5.75. The van der Waals surface area contributed by atoms with E-state index in [1.54, 1.807) is 23.4 Å². The lowest BCUT2D eigenvalue weighted by atomic mass is 9.85. The number of aliphatic hydroxyl groups is 1. The van der Waals surface area contributed by atoms with Crippen molar-refractivity contribution in [3.05, 3.63) is 29.8 Å². The van der Waals surface area contributed by atoms with Gasteiger partial charge in [0.1, 0.15) is 0 Å². The largest absolute Gasteiger partial charge is 0.391 e. The SMILES string of the molecule is Cc1ccc(S(=O)(=O)N2[C@H]3CCCC[C@]32[C@H](C)O)cc1. The number of aliphatic hydroxyl groups excluding tert-OH is 1. The minimum Gasteiger partial charge on any atom is -0.391 e. The molecule has 1 aromatic carbocycles. The summed E-state index contributed by atoms with van der Waals surface area (Å²) in [5.41, 5.74) is 0.486. The first kappa shape index (κ1) is 14.0. The van der Waals surface area contributed by atoms with Crippen LogP contribution in [0.4, 0.5) is 0 Å². The van der Waals surface area contributed by atoms with Gasteiger partial charge in [-0.1, -0.05) is 30.5 Å². The molecule has 0 spiro atoms. The number of hydrogen-bond donors (Lipinski definition) is 1. The predicted octanol–water partition coefficient (Wildman–Crippen LogP) is 2.06. The molecule has 1 aromatic rings. The van der Waals surface area contributed by atoms with Gasteiger partial charge in [-0.2, -0.15) is 4.31 Å². The lowest BCUT2D eigenvalue weighted by molar-refractivity contribution is 0.121. The summed E-state index contributed by atoms with van der Waals surface area (Å²) in [5.74, 6) is 0. The second-order valence-corrected chi connectivity index (χ2v) is 7.86. The normalized spacial score (nSPS) is 34.4. The predicted molar refractivity (Wildman–Crippen MR) is 76.9 cm³/mol. The van der Waals surface area contributed by atoms with Gasteiger partial charge >= 0.3 is 0 Å². The van der Waals surface area contributed by atoms with Crippen LogP contribution in [0.5, 0.6) is 0 Å². The van der Waals surface area contributed by atoms with Crippen LogP contribution in [0.25, 0.3) is 0 Å². The van der Waals surface area contributed by atoms with E-state index in [4.69, 9.17) is 0 Å². The van der Waals surface area contributed by atoms with Gasteiger partial charge in [-0.05, 0) is 38.8 Å². The maximum absolute atomic E-state index is 12.8. The standard InChI is InChI=1S/C15H21NO3S/c1-11-6-8-13(9-7-11)20(18,19)16-14-5-3-4-10-15(14,16)12(2)17/h6-9,12,14,17H,3-5,10H2,1-2H3/t12-,14-,15-,16?/m0/s1. The Morgan fingerprint density at radius 3 is 2.50 bits per heavy atom. The Morgan fingerprint density at radius 1 is 1.30 bits per heavy atom. The van der Waals surface area contributed by atoms with Gasteiger partial charge < -0.3 is 5.11 Å². The van der Waals surface area contributed by atoms with Crippen molar-refractivity contribution in [2.24, 2.45) is 0 Å². The highest BCUT2D eigenvalue weighted by Gasteiger charge is 2.70. The van der Waals surface area contributed by atoms with E-state index in [0.29, 0.717) is 4.90 Å². The molecule has 1 saturated carbocycles. The third kappa shape index (κ3) is 1.84. The second kappa shape index (κ2) is 4.55. The smallest absolute Gasteiger partial charge is 0.244 e. The van der Waals surface area contributed by atoms with Crippen molar-refractivity contribution in [2.45, 2.75) is 62.1 Å². The number of rotatable bonds is 3. The number of nitrogens with zero attached hydrogens (tertiary/aromatic N) is 1. The van der Waals surface area contributed by atoms with E-state index in [9.17, 15) is 13.5 Å². The summed E-state index contributed by atoms with van der Waals surface area (Å²) in [4.78, 5) is 0.331. The molecule has 110 valence electrons. The van der Waals surface area contributed by atoms with Crippen LogP contribution in [-0.4, -0.2) is 35.5 Å². The number of hydrogen-bond acceptors (Lipinski definition) is 3. The van der Waals surface area contributed by atoms with Gasteiger partial charge in [0, 0.05) is 6.04 Å². The van der Waals surface area contributed by atoms with Crippen molar-refractivity contribution in [1.29, 1.82) is 0 Å². The highest BCUT2D eigenvalue weighted by Crippen LogP contribution is 2.56. The van der Waals surface area contributed by atoms with E-state index in [2.05, 4.69) is 0 Å². The van der Waals surface area contributed by atoms with Crippen LogP contribution in [-0.2, 0) is 10.0 Å². The molecule has 3 rings (SSSR count). The lowest BCUT2D eigenvalue weighted by Crippen LogP contribution is -2.35. The molecule has 5 heteroatoms. The van der Waals surface area contributed by atoms with Gasteiger partial charge in [-0.3, -0.25) is 0 Å². The third-order valence-corrected chi connectivity index (χ3v) is 6.79. The molecule has 1 N–H and O–H groups in total. The van der Waals surface area contributed by atoms with E-state index in [0.717, 1.165) is 31.2 Å². The number of fused-ring (bicyclic) bond motifs is 1. The molecule has 1 aliphatic carbocycles. The molecular weight excluding hydrogens is 274 g/mol. The summed E-state index contributed by atoms with van der Waals surface area (Å²) in [6, 6.07) is 6.92. The molecule has 1 saturated heterocycles. The number of sulfonamides is 1. The average molecular weight is 295 g/mol. The molecule has 4 atom stereocenters. The van der Waals surface area contributed by atoms with Crippen molar-refractivity contribution >= 4 is 10.0 Å². The Bertz CT molecular complexity index is 609. The van der Waals surface area contributed by atoms with Crippen LogP contribution in [0.15, 0.2) is 29.2 Å². The fraction of sp³-hybridized carbons (Fsp3) is 0.600. The average Bonchev–Trinajstić information content (AvgIpc) is 3.10. The van der Waals surface area contributed by atoms with Crippen LogP contribution < -0.4 is 0 Å². The summed E-state index contributed by atoms with van der Waals surface area (Å²) in [7, 11) is -3.50. The van der Waals surface area contributed by atoms with E-state index >= 15 is 0 Å². The van der Waals surface area contributed by atoms with Crippen LogP contribution >= 0.6 is 0 Å². The Morgan fingerprint density at radius 2 is 1.95 bits per heavy atom. The number of aryl methyl sites for hydroxylation is 1. The minimum atomic E-state index is -3.50. The third-order valence-electron chi connectivity index (χ3n) is 4.81. The topological polar surface area (TPSA) is 57.4 Å². The zero-order chi connectivity index (χ0) is 14.5. The van der Waals surface area contributed by atoms with Crippen LogP contribution in [0.3, 0.4) is 0 Å². The van der Waals surface area contributed by atoms with Crippen LogP contribution in [0.2, 0.25) is 0 Å². The Labute approximate surface area is 120 Å². The highest BCUT2D eigenvalue weighted by atomic mass is 32.2. The van der Waals surface area contributed by atoms with E-state index in [1.807, 2.05) is 19.1 Å². The monoisotopic (exact) mass is 295 g/mol. The van der Waals surface area contributed by atoms with E-state index < -0.39 is 21.7 Å². The summed E-state index contributed by atoms with van der Waals surface area (Å²) in [5, 5.41) is 10.1. The minimum absolute atomic E-state index is 0.0254. The van der Waals surface area contributed by atoms with Gasteiger partial charge in [0.05, 0.1) is 16.5 Å². The molecule has 0 aromatic heterocycles. The second-order valence-electron chi connectivity index (χ2n) is 6.04. The van der Waals surface area contributed by atoms with E-state index in [-0.39, 0.29) is 6.04 Å². The van der Waals surface area contributed by atoms with Crippen molar-refractivity contribution in [2.75, 3.05) is 0 Å². The molecule has 0 amide bonds. The van der Waals surface area contributed by atoms with Crippen molar-refractivity contribution in [1.82, 2.24) is 4.31 Å². The molecule has 2 aliphatic rings. The van der Waals surface area contributed by atoms with Crippen LogP contribution in [0.1, 0.15) is 38.2 Å². The summed E-state index contributed by atoms with van der Waals surface area (Å²) < 4.78 is 27.2. The fourth-order valence-electron chi connectivity index (χ4n) is 3.66. The molecule has 20 heavy (non-hydrogen) atoms. The van der Waals surface area contributed by atoms with Gasteiger partial charge in [-0.15, -0.1) is 0 Å². The van der Waals surface area contributed by atoms with Gasteiger partial charge in [0.2, 0.25) is 10.0 Å². The lowest BCUT2D eigenvalue weighted by Gasteiger charge is -2.23. The maximum Gasteiger partial charge on any atom is 0.244 e. The summed E-state index contributed by atoms with van der Waals surface area (Å²) in [6.45, 7) is 3.65. The van der Waals surface area contributed by atoms with Gasteiger partial charge in [0.15, 0.2) is 0 Å². The molecule has 4 nitrogen and oxygen atoms in total. The molecule has 1 heterocycles. The summed E-state index contributed by atoms with van der Waals surface area (Å²) >= 11 is 0. The summed E-state index contributed by atoms with van der Waals surface area (Å²) in [6.07, 6.45) is 3.03. The zero-order valence-corrected chi connectivity index (χ0v) is 12.7. The molecular formula is C15H21NO3S. The number of benzene rings is 1. The molecule has 1 unspecified atom stereocenters. The molecule has 1 aliphatic heterocycles. The molecule has 0 bridgehead atoms. The van der Waals surface area contributed by atoms with Crippen LogP contribution in [0, 0.1) is 6.92 Å². The van der Waals surface area contributed by atoms with Gasteiger partial charge in [-0.25, -0.2) is 8.42 Å². The molecule has 0 radical (unpaired) electrons. The first-order valence-electron chi connectivity index (χ1n) is 7.20. The Hall–Kier alpha value is -0.910.